The SMILES string of the molecule is Cc1ccc(C(=O)NCC2CCOC2)cc1Nc1ncnc2c(Cc3ccc(C(=O)Nc4ccc5c(c4)C(C)(C)C(=O)N5CCN4CCCC4)cc3Nc3ncnc4cnc(N5CCOCC5)nc34)nc(N3CCOCC3)nc12. The van der Waals surface area contributed by atoms with Crippen LogP contribution in [0.5, 0.6) is 0 Å². The fourth-order valence-electron chi connectivity index (χ4n) is 11.0. The molecule has 22 nitrogen and oxygen atoms in total. The number of anilines is 8. The number of benzene rings is 3. The third-order valence-electron chi connectivity index (χ3n) is 15.6. The third-order valence-corrected chi connectivity index (χ3v) is 15.6. The van der Waals surface area contributed by atoms with Gasteiger partial charge in [0.1, 0.15) is 34.7 Å². The Hall–Kier alpha value is -8.05. The van der Waals surface area contributed by atoms with E-state index in [9.17, 15) is 14.4 Å². The van der Waals surface area contributed by atoms with Gasteiger partial charge in [-0.15, -0.1) is 0 Å². The van der Waals surface area contributed by atoms with E-state index in [0.29, 0.717) is 164 Å². The van der Waals surface area contributed by atoms with E-state index in [1.165, 1.54) is 25.5 Å². The Morgan fingerprint density at radius 2 is 1.38 bits per heavy atom. The molecule has 4 saturated heterocycles. The molecule has 3 aromatic carbocycles. The predicted octanol–water partition coefficient (Wildman–Crippen LogP) is 5.95. The van der Waals surface area contributed by atoms with E-state index in [2.05, 4.69) is 45.9 Å². The Morgan fingerprint density at radius 3 is 2.15 bits per heavy atom. The largest absolute Gasteiger partial charge is 0.381 e. The molecule has 0 saturated carbocycles. The normalized spacial score (nSPS) is 18.3. The van der Waals surface area contributed by atoms with Crippen molar-refractivity contribution < 1.29 is 28.6 Å². The second-order valence-electron chi connectivity index (χ2n) is 21.3. The van der Waals surface area contributed by atoms with E-state index in [1.807, 2.05) is 68.1 Å². The highest BCUT2D eigenvalue weighted by Gasteiger charge is 2.44. The van der Waals surface area contributed by atoms with Crippen LogP contribution in [-0.2, 0) is 30.8 Å². The molecule has 12 rings (SSSR count). The van der Waals surface area contributed by atoms with Crippen molar-refractivity contribution in [2.24, 2.45) is 5.92 Å². The van der Waals surface area contributed by atoms with Gasteiger partial charge in [0.25, 0.3) is 11.8 Å². The molecular formula is C57H64N16O6. The average Bonchev–Trinajstić information content (AvgIpc) is 4.28. The van der Waals surface area contributed by atoms with Crippen LogP contribution in [-0.4, -0.2) is 161 Å². The van der Waals surface area contributed by atoms with Gasteiger partial charge in [-0.1, -0.05) is 12.1 Å². The standard InChI is InChI=1S/C57H64N16O6/c1-35-6-7-38(52(74)58-30-36-12-21-79-32-36)27-42(35)65-51-49-47(61-34-63-51)44(67-56(69-49)72-19-24-78-25-20-72)26-37-8-9-39(28-43(37)66-50-48-45(60-33-62-50)31-59-55(68-48)71-17-22-77-23-18-71)53(75)64-40-10-11-46-41(29-40)57(2,3)54(76)73(46)16-15-70-13-4-5-14-70/h6-11,27-29,31,33-34,36H,4-5,12-26,30,32H2,1-3H3,(H,58,74)(H,64,75)(H,60,62,66)(H,61,63,65). The van der Waals surface area contributed by atoms with E-state index in [4.69, 9.17) is 44.1 Å². The zero-order chi connectivity index (χ0) is 54.0. The number of aromatic nitrogens is 8. The van der Waals surface area contributed by atoms with Crippen LogP contribution >= 0.6 is 0 Å². The number of morpholine rings is 2. The highest BCUT2D eigenvalue weighted by molar-refractivity contribution is 6.09. The molecule has 5 aliphatic heterocycles. The smallest absolute Gasteiger partial charge is 0.255 e. The van der Waals surface area contributed by atoms with Gasteiger partial charge in [0.2, 0.25) is 17.8 Å². The van der Waals surface area contributed by atoms with E-state index in [0.717, 1.165) is 48.4 Å². The number of rotatable bonds is 16. The molecule has 0 radical (unpaired) electrons. The minimum Gasteiger partial charge on any atom is -0.381 e. The molecule has 4 fully saturated rings. The summed E-state index contributed by atoms with van der Waals surface area (Å²) in [7, 11) is 0. The van der Waals surface area contributed by atoms with E-state index in [-0.39, 0.29) is 24.1 Å². The summed E-state index contributed by atoms with van der Waals surface area (Å²) in [4.78, 5) is 89.0. The van der Waals surface area contributed by atoms with Crippen LogP contribution in [0, 0.1) is 12.8 Å². The second-order valence-corrected chi connectivity index (χ2v) is 21.3. The molecule has 4 N–H and O–H groups in total. The zero-order valence-electron chi connectivity index (χ0n) is 44.8. The van der Waals surface area contributed by atoms with Crippen molar-refractivity contribution >= 4 is 86.1 Å². The van der Waals surface area contributed by atoms with Crippen LogP contribution < -0.4 is 36.0 Å². The Labute approximate surface area is 457 Å². The van der Waals surface area contributed by atoms with Crippen LogP contribution in [0.2, 0.25) is 0 Å². The number of hydrogen-bond donors (Lipinski definition) is 4. The van der Waals surface area contributed by atoms with Gasteiger partial charge in [-0.05, 0) is 112 Å². The first-order valence-corrected chi connectivity index (χ1v) is 27.3. The molecule has 7 aromatic rings. The van der Waals surface area contributed by atoms with Gasteiger partial charge in [0, 0.05) is 98.6 Å². The van der Waals surface area contributed by atoms with Crippen LogP contribution in [0.25, 0.3) is 22.1 Å². The van der Waals surface area contributed by atoms with Gasteiger partial charge >= 0.3 is 0 Å². The summed E-state index contributed by atoms with van der Waals surface area (Å²) in [5, 5.41) is 13.3. The number of aryl methyl sites for hydroxylation is 1. The quantitative estimate of drug-likeness (QED) is 0.0874. The maximum Gasteiger partial charge on any atom is 0.255 e. The molecule has 0 spiro atoms. The predicted molar refractivity (Wildman–Crippen MR) is 300 cm³/mol. The average molecular weight is 1070 g/mol. The number of nitrogens with one attached hydrogen (secondary N) is 4. The molecule has 79 heavy (non-hydrogen) atoms. The minimum absolute atomic E-state index is 0.0517. The van der Waals surface area contributed by atoms with Crippen molar-refractivity contribution in [3.63, 3.8) is 0 Å². The molecule has 5 aliphatic rings. The number of carbonyl (C=O) groups is 3. The molecule has 1 unspecified atom stereocenters. The summed E-state index contributed by atoms with van der Waals surface area (Å²) in [5.41, 5.74) is 7.97. The lowest BCUT2D eigenvalue weighted by Crippen LogP contribution is -2.40. The summed E-state index contributed by atoms with van der Waals surface area (Å²) < 4.78 is 16.9. The van der Waals surface area contributed by atoms with Crippen LogP contribution in [0.3, 0.4) is 0 Å². The Bertz CT molecular complexity index is 3450. The van der Waals surface area contributed by atoms with Gasteiger partial charge < -0.3 is 55.1 Å². The van der Waals surface area contributed by atoms with Gasteiger partial charge in [0.15, 0.2) is 11.6 Å². The fraction of sp³-hybridized carbons (Fsp3) is 0.421. The van der Waals surface area contributed by atoms with E-state index in [1.54, 1.807) is 18.3 Å². The van der Waals surface area contributed by atoms with E-state index >= 15 is 0 Å². The summed E-state index contributed by atoms with van der Waals surface area (Å²) in [6.07, 6.45) is 8.15. The molecule has 9 heterocycles. The van der Waals surface area contributed by atoms with E-state index < -0.39 is 5.41 Å². The maximum absolute atomic E-state index is 14.5. The van der Waals surface area contributed by atoms with Gasteiger partial charge in [-0.3, -0.25) is 14.4 Å². The topological polar surface area (TPSA) is 243 Å². The lowest BCUT2D eigenvalue weighted by atomic mass is 9.86. The molecule has 0 aliphatic carbocycles. The first kappa shape index (κ1) is 51.7. The molecule has 1 atom stereocenters. The van der Waals surface area contributed by atoms with Crippen LogP contribution in [0.15, 0.2) is 73.4 Å². The lowest BCUT2D eigenvalue weighted by Gasteiger charge is -2.27. The second kappa shape index (κ2) is 22.4. The van der Waals surface area contributed by atoms with Gasteiger partial charge in [-0.2, -0.15) is 0 Å². The number of ether oxygens (including phenoxy) is 3. The highest BCUT2D eigenvalue weighted by atomic mass is 16.5. The van der Waals surface area contributed by atoms with Crippen molar-refractivity contribution in [1.82, 2.24) is 50.1 Å². The zero-order valence-corrected chi connectivity index (χ0v) is 44.8. The summed E-state index contributed by atoms with van der Waals surface area (Å²) in [5.74, 6) is 1.69. The van der Waals surface area contributed by atoms with Gasteiger partial charge in [0.05, 0.1) is 50.3 Å². The number of likely N-dealkylation sites (tertiary alicyclic amines) is 1. The minimum atomic E-state index is -0.771. The van der Waals surface area contributed by atoms with Crippen molar-refractivity contribution in [2.45, 2.75) is 51.9 Å². The molecule has 22 heteroatoms. The first-order chi connectivity index (χ1) is 38.5. The highest BCUT2D eigenvalue weighted by Crippen LogP contribution is 2.43. The fourth-order valence-corrected chi connectivity index (χ4v) is 11.0. The van der Waals surface area contributed by atoms with Crippen molar-refractivity contribution in [2.75, 3.05) is 129 Å². The van der Waals surface area contributed by atoms with Crippen molar-refractivity contribution in [3.05, 3.63) is 107 Å². The Balaban J connectivity index is 0.894. The molecule has 0 bridgehead atoms. The van der Waals surface area contributed by atoms with Crippen LogP contribution in [0.1, 0.15) is 76.2 Å². The number of hydrogen-bond acceptors (Lipinski definition) is 19. The maximum atomic E-state index is 14.5. The van der Waals surface area contributed by atoms with Crippen LogP contribution in [0.4, 0.5) is 46.3 Å². The Kier molecular flexibility index (Phi) is 14.6. The third kappa shape index (κ3) is 10.9. The van der Waals surface area contributed by atoms with Crippen molar-refractivity contribution in [1.29, 1.82) is 0 Å². The Morgan fingerprint density at radius 1 is 0.684 bits per heavy atom. The lowest BCUT2D eigenvalue weighted by molar-refractivity contribution is -0.122. The monoisotopic (exact) mass is 1070 g/mol. The number of nitrogens with zero attached hydrogens (tertiary/aromatic N) is 12. The molecule has 3 amide bonds. The molecule has 408 valence electrons. The number of amides is 3. The number of fused-ring (bicyclic) bond motifs is 3. The molecule has 4 aromatic heterocycles. The van der Waals surface area contributed by atoms with Gasteiger partial charge in [-0.25, -0.2) is 39.9 Å². The number of carbonyl (C=O) groups excluding carboxylic acids is 3. The first-order valence-electron chi connectivity index (χ1n) is 27.3. The summed E-state index contributed by atoms with van der Waals surface area (Å²) >= 11 is 0. The summed E-state index contributed by atoms with van der Waals surface area (Å²) in [6.45, 7) is 15.9. The van der Waals surface area contributed by atoms with Crippen molar-refractivity contribution in [3.8, 4) is 0 Å². The molecular weight excluding hydrogens is 1000 g/mol. The summed E-state index contributed by atoms with van der Waals surface area (Å²) in [6, 6.07) is 16.8.